The summed E-state index contributed by atoms with van der Waals surface area (Å²) in [6, 6.07) is 3.48. The maximum absolute atomic E-state index is 13.5. The fraction of sp³-hybridized carbons (Fsp3) is 0.500. The second-order valence-electron chi connectivity index (χ2n) is 8.42. The Hall–Kier alpha value is -2.63. The molecule has 1 saturated heterocycles. The Morgan fingerprint density at radius 1 is 1.11 bits per heavy atom. The highest BCUT2D eigenvalue weighted by atomic mass is 32.2. The third-order valence-corrected chi connectivity index (χ3v) is 9.47. The lowest BCUT2D eigenvalue weighted by Gasteiger charge is -2.24. The van der Waals surface area contributed by atoms with Gasteiger partial charge in [0.2, 0.25) is 15.9 Å². The number of esters is 1. The van der Waals surface area contributed by atoms with E-state index in [-0.39, 0.29) is 23.8 Å². The number of carbonyl (C=O) groups excluding carboxylic acids is 2. The minimum atomic E-state index is -3.97. The monoisotopic (exact) mass is 522 g/mol. The van der Waals surface area contributed by atoms with Crippen molar-refractivity contribution in [3.05, 3.63) is 34.2 Å². The van der Waals surface area contributed by atoms with Gasteiger partial charge in [0.15, 0.2) is 11.5 Å². The molecule has 11 heteroatoms. The molecule has 0 bridgehead atoms. The largest absolute Gasteiger partial charge is 0.493 e. The molecule has 190 valence electrons. The first-order chi connectivity index (χ1) is 16.8. The molecule has 1 aromatic carbocycles. The van der Waals surface area contributed by atoms with Crippen molar-refractivity contribution in [1.82, 2.24) is 4.31 Å². The predicted octanol–water partition coefficient (Wildman–Crippen LogP) is 3.61. The summed E-state index contributed by atoms with van der Waals surface area (Å²) >= 11 is 1.39. The Balaban J connectivity index is 1.61. The maximum Gasteiger partial charge on any atom is 0.341 e. The van der Waals surface area contributed by atoms with Gasteiger partial charge in [0.1, 0.15) is 11.0 Å². The second-order valence-corrected chi connectivity index (χ2v) is 11.4. The highest BCUT2D eigenvalue weighted by molar-refractivity contribution is 7.89. The Morgan fingerprint density at radius 2 is 1.86 bits per heavy atom. The van der Waals surface area contributed by atoms with E-state index in [0.29, 0.717) is 29.2 Å². The second kappa shape index (κ2) is 10.5. The normalized spacial score (nSPS) is 18.1. The molecule has 1 unspecified atom stereocenters. The third kappa shape index (κ3) is 4.89. The van der Waals surface area contributed by atoms with Crippen molar-refractivity contribution in [3.63, 3.8) is 0 Å². The molecule has 1 amide bonds. The number of aryl methyl sites for hydroxylation is 1. The van der Waals surface area contributed by atoms with Crippen molar-refractivity contribution in [2.24, 2.45) is 0 Å². The fourth-order valence-corrected chi connectivity index (χ4v) is 7.62. The van der Waals surface area contributed by atoms with Gasteiger partial charge in [0.05, 0.1) is 31.3 Å². The first kappa shape index (κ1) is 25.5. The standard InChI is InChI=1S/C24H30N2O7S2/c1-4-33-24(28)21-16-8-5-6-10-20(16)34-23(21)25-22(27)17-9-7-13-26(17)35(29,30)15-11-12-18(31-2)19(14-15)32-3/h11-12,14,17H,4-10,13H2,1-3H3,(H,25,27). The van der Waals surface area contributed by atoms with Crippen LogP contribution in [0.3, 0.4) is 0 Å². The van der Waals surface area contributed by atoms with Crippen LogP contribution in [0.2, 0.25) is 0 Å². The lowest BCUT2D eigenvalue weighted by atomic mass is 9.95. The van der Waals surface area contributed by atoms with Crippen molar-refractivity contribution < 1.29 is 32.2 Å². The molecule has 35 heavy (non-hydrogen) atoms. The topological polar surface area (TPSA) is 111 Å². The number of methoxy groups -OCH3 is 2. The molecule has 1 aromatic heterocycles. The number of thiophene rings is 1. The van der Waals surface area contributed by atoms with Gasteiger partial charge >= 0.3 is 5.97 Å². The fourth-order valence-electron chi connectivity index (χ4n) is 4.67. The van der Waals surface area contributed by atoms with Crippen LogP contribution in [0.15, 0.2) is 23.1 Å². The number of rotatable bonds is 8. The van der Waals surface area contributed by atoms with E-state index in [4.69, 9.17) is 14.2 Å². The van der Waals surface area contributed by atoms with Crippen LogP contribution in [0, 0.1) is 0 Å². The van der Waals surface area contributed by atoms with Gasteiger partial charge in [0, 0.05) is 17.5 Å². The number of ether oxygens (including phenoxy) is 3. The summed E-state index contributed by atoms with van der Waals surface area (Å²) in [6.45, 7) is 2.20. The quantitative estimate of drug-likeness (QED) is 0.527. The number of anilines is 1. The first-order valence-corrected chi connectivity index (χ1v) is 13.9. The van der Waals surface area contributed by atoms with Gasteiger partial charge in [-0.25, -0.2) is 13.2 Å². The summed E-state index contributed by atoms with van der Waals surface area (Å²) in [5.74, 6) is -0.202. The summed E-state index contributed by atoms with van der Waals surface area (Å²) in [4.78, 5) is 27.2. The van der Waals surface area contributed by atoms with Crippen LogP contribution in [0.1, 0.15) is 53.4 Å². The highest BCUT2D eigenvalue weighted by Gasteiger charge is 2.40. The minimum Gasteiger partial charge on any atom is -0.493 e. The molecule has 0 spiro atoms. The summed E-state index contributed by atoms with van der Waals surface area (Å²) in [5.41, 5.74) is 1.35. The van der Waals surface area contributed by atoms with E-state index in [2.05, 4.69) is 5.32 Å². The van der Waals surface area contributed by atoms with Crippen LogP contribution in [0.5, 0.6) is 11.5 Å². The average Bonchev–Trinajstić information content (AvgIpc) is 3.49. The van der Waals surface area contributed by atoms with Gasteiger partial charge in [-0.3, -0.25) is 4.79 Å². The molecule has 1 aliphatic heterocycles. The zero-order valence-corrected chi connectivity index (χ0v) is 21.7. The van der Waals surface area contributed by atoms with E-state index in [1.54, 1.807) is 6.92 Å². The van der Waals surface area contributed by atoms with Crippen LogP contribution in [0.25, 0.3) is 0 Å². The van der Waals surface area contributed by atoms with E-state index in [1.165, 1.54) is 48.1 Å². The van der Waals surface area contributed by atoms with Crippen molar-refractivity contribution in [3.8, 4) is 11.5 Å². The van der Waals surface area contributed by atoms with Crippen LogP contribution >= 0.6 is 11.3 Å². The molecule has 1 atom stereocenters. The van der Waals surface area contributed by atoms with Crippen molar-refractivity contribution in [1.29, 1.82) is 0 Å². The van der Waals surface area contributed by atoms with Gasteiger partial charge in [-0.2, -0.15) is 4.31 Å². The molecule has 4 rings (SSSR count). The number of fused-ring (bicyclic) bond motifs is 1. The highest BCUT2D eigenvalue weighted by Crippen LogP contribution is 2.39. The number of hydrogen-bond donors (Lipinski definition) is 1. The van der Waals surface area contributed by atoms with Gasteiger partial charge in [-0.15, -0.1) is 11.3 Å². The van der Waals surface area contributed by atoms with Crippen LogP contribution in [-0.4, -0.2) is 58.0 Å². The van der Waals surface area contributed by atoms with E-state index in [0.717, 1.165) is 36.1 Å². The SMILES string of the molecule is CCOC(=O)c1c(NC(=O)C2CCCN2S(=O)(=O)c2ccc(OC)c(OC)c2)sc2c1CCCC2. The Morgan fingerprint density at radius 3 is 2.57 bits per heavy atom. The first-order valence-electron chi connectivity index (χ1n) is 11.7. The number of amides is 1. The van der Waals surface area contributed by atoms with Crippen LogP contribution in [0.4, 0.5) is 5.00 Å². The van der Waals surface area contributed by atoms with Crippen molar-refractivity contribution in [2.75, 3.05) is 32.7 Å². The third-order valence-electron chi connectivity index (χ3n) is 6.36. The van der Waals surface area contributed by atoms with Crippen molar-refractivity contribution in [2.45, 2.75) is 56.4 Å². The lowest BCUT2D eigenvalue weighted by molar-refractivity contribution is -0.119. The number of carbonyl (C=O) groups is 2. The molecule has 2 heterocycles. The predicted molar refractivity (Wildman–Crippen MR) is 132 cm³/mol. The molecule has 2 aliphatic rings. The Labute approximate surface area is 209 Å². The smallest absolute Gasteiger partial charge is 0.341 e. The average molecular weight is 523 g/mol. The summed E-state index contributed by atoms with van der Waals surface area (Å²) < 4.78 is 43.9. The van der Waals surface area contributed by atoms with E-state index >= 15 is 0 Å². The zero-order valence-electron chi connectivity index (χ0n) is 20.1. The molecule has 1 fully saturated rings. The Kier molecular flexibility index (Phi) is 7.67. The van der Waals surface area contributed by atoms with E-state index in [9.17, 15) is 18.0 Å². The molecule has 0 radical (unpaired) electrons. The molecule has 2 aromatic rings. The van der Waals surface area contributed by atoms with Crippen LogP contribution in [-0.2, 0) is 32.4 Å². The number of hydrogen-bond acceptors (Lipinski definition) is 8. The summed E-state index contributed by atoms with van der Waals surface area (Å²) in [7, 11) is -1.07. The number of nitrogens with one attached hydrogen (secondary N) is 1. The summed E-state index contributed by atoms with van der Waals surface area (Å²) in [5, 5.41) is 3.31. The number of sulfonamides is 1. The van der Waals surface area contributed by atoms with E-state index < -0.39 is 27.9 Å². The van der Waals surface area contributed by atoms with Gasteiger partial charge in [0.25, 0.3) is 0 Å². The number of nitrogens with zero attached hydrogens (tertiary/aromatic N) is 1. The molecular formula is C24H30N2O7S2. The summed E-state index contributed by atoms with van der Waals surface area (Å²) in [6.07, 6.45) is 4.56. The number of benzene rings is 1. The van der Waals surface area contributed by atoms with E-state index in [1.807, 2.05) is 0 Å². The van der Waals surface area contributed by atoms with Gasteiger partial charge in [-0.1, -0.05) is 0 Å². The van der Waals surface area contributed by atoms with Gasteiger partial charge in [-0.05, 0) is 63.1 Å². The maximum atomic E-state index is 13.5. The molecule has 1 aliphatic carbocycles. The minimum absolute atomic E-state index is 0.0219. The molecule has 0 saturated carbocycles. The molecular weight excluding hydrogens is 492 g/mol. The van der Waals surface area contributed by atoms with Crippen molar-refractivity contribution >= 4 is 38.2 Å². The van der Waals surface area contributed by atoms with Crippen LogP contribution < -0.4 is 14.8 Å². The zero-order chi connectivity index (χ0) is 25.2. The molecule has 1 N–H and O–H groups in total. The van der Waals surface area contributed by atoms with Gasteiger partial charge < -0.3 is 19.5 Å². The lowest BCUT2D eigenvalue weighted by Crippen LogP contribution is -2.43. The Bertz CT molecular complexity index is 1220. The molecule has 9 nitrogen and oxygen atoms in total.